The van der Waals surface area contributed by atoms with E-state index in [1.807, 2.05) is 25.1 Å². The average molecular weight is 337 g/mol. The van der Waals surface area contributed by atoms with E-state index in [4.69, 9.17) is 5.26 Å². The molecule has 1 heterocycles. The van der Waals surface area contributed by atoms with Gasteiger partial charge in [0.25, 0.3) is 5.91 Å². The van der Waals surface area contributed by atoms with Crippen LogP contribution in [0.1, 0.15) is 44.2 Å². The highest BCUT2D eigenvalue weighted by molar-refractivity contribution is 6.20. The fourth-order valence-corrected chi connectivity index (χ4v) is 3.26. The Hall–Kier alpha value is -2.74. The van der Waals surface area contributed by atoms with Gasteiger partial charge in [-0.2, -0.15) is 5.26 Å². The number of nitrogens with zero attached hydrogens (tertiary/aromatic N) is 2. The lowest BCUT2D eigenvalue weighted by Crippen LogP contribution is -2.34. The molecule has 0 spiro atoms. The SMILES string of the molecule is C/C=C\c1ccncc1/C(=C\C)C(=O)NCC(=O)C1CCCC1C#N. The number of aromatic nitrogens is 1. The van der Waals surface area contributed by atoms with E-state index in [0.717, 1.165) is 30.4 Å². The highest BCUT2D eigenvalue weighted by atomic mass is 16.2. The predicted molar refractivity (Wildman–Crippen MR) is 97.1 cm³/mol. The molecule has 1 fully saturated rings. The summed E-state index contributed by atoms with van der Waals surface area (Å²) in [6.45, 7) is 3.65. The van der Waals surface area contributed by atoms with E-state index >= 15 is 0 Å². The molecular formula is C20H23N3O2. The lowest BCUT2D eigenvalue weighted by Gasteiger charge is -2.14. The summed E-state index contributed by atoms with van der Waals surface area (Å²) in [5.41, 5.74) is 2.11. The molecule has 1 aromatic rings. The second-order valence-electron chi connectivity index (χ2n) is 6.09. The number of Topliss-reactive ketones (excluding diaryl/α,β-unsaturated/α-hetero) is 1. The number of allylic oxidation sites excluding steroid dienone is 2. The molecule has 2 unspecified atom stereocenters. The molecule has 25 heavy (non-hydrogen) atoms. The van der Waals surface area contributed by atoms with Crippen LogP contribution in [-0.4, -0.2) is 23.2 Å². The van der Waals surface area contributed by atoms with E-state index in [2.05, 4.69) is 16.4 Å². The van der Waals surface area contributed by atoms with Crippen molar-refractivity contribution in [3.05, 3.63) is 41.7 Å². The molecule has 1 aliphatic rings. The Morgan fingerprint density at radius 1 is 1.40 bits per heavy atom. The molecule has 1 amide bonds. The highest BCUT2D eigenvalue weighted by Crippen LogP contribution is 2.31. The number of rotatable bonds is 6. The third-order valence-electron chi connectivity index (χ3n) is 4.54. The molecule has 1 saturated carbocycles. The Balaban J connectivity index is 2.07. The van der Waals surface area contributed by atoms with Crippen LogP contribution >= 0.6 is 0 Å². The summed E-state index contributed by atoms with van der Waals surface area (Å²) in [6, 6.07) is 4.04. The topological polar surface area (TPSA) is 82.8 Å². The first-order chi connectivity index (χ1) is 12.1. The second-order valence-corrected chi connectivity index (χ2v) is 6.09. The molecule has 1 aliphatic carbocycles. The van der Waals surface area contributed by atoms with Gasteiger partial charge in [0, 0.05) is 29.4 Å². The lowest BCUT2D eigenvalue weighted by atomic mass is 9.93. The van der Waals surface area contributed by atoms with Crippen LogP contribution in [0, 0.1) is 23.2 Å². The van der Waals surface area contributed by atoms with Gasteiger partial charge in [-0.1, -0.05) is 24.6 Å². The summed E-state index contributed by atoms with van der Waals surface area (Å²) in [6.07, 6.45) is 11.2. The largest absolute Gasteiger partial charge is 0.345 e. The van der Waals surface area contributed by atoms with E-state index in [0.29, 0.717) is 5.57 Å². The van der Waals surface area contributed by atoms with E-state index in [9.17, 15) is 9.59 Å². The summed E-state index contributed by atoms with van der Waals surface area (Å²) in [4.78, 5) is 29.0. The third-order valence-corrected chi connectivity index (χ3v) is 4.54. The first-order valence-corrected chi connectivity index (χ1v) is 8.56. The van der Waals surface area contributed by atoms with E-state index in [1.54, 1.807) is 25.4 Å². The van der Waals surface area contributed by atoms with E-state index in [-0.39, 0.29) is 30.1 Å². The summed E-state index contributed by atoms with van der Waals surface area (Å²) < 4.78 is 0. The Morgan fingerprint density at radius 3 is 2.88 bits per heavy atom. The molecule has 0 aromatic carbocycles. The number of hydrogen-bond acceptors (Lipinski definition) is 4. The van der Waals surface area contributed by atoms with Crippen LogP contribution in [0.25, 0.3) is 11.6 Å². The number of hydrogen-bond donors (Lipinski definition) is 1. The van der Waals surface area contributed by atoms with Crippen LogP contribution in [0.4, 0.5) is 0 Å². The molecule has 1 aromatic heterocycles. The zero-order valence-electron chi connectivity index (χ0n) is 14.7. The van der Waals surface area contributed by atoms with Crippen LogP contribution in [0.5, 0.6) is 0 Å². The van der Waals surface area contributed by atoms with Crippen molar-refractivity contribution in [1.29, 1.82) is 5.26 Å². The standard InChI is InChI=1S/C20H23N3O2/c1-3-6-14-9-10-22-12-18(14)16(4-2)20(25)23-13-19(24)17-8-5-7-15(17)11-21/h3-4,6,9-10,12,15,17H,5,7-8,13H2,1-2H3,(H,23,25)/b6-3-,16-4+. The van der Waals surface area contributed by atoms with Gasteiger partial charge in [-0.25, -0.2) is 0 Å². The lowest BCUT2D eigenvalue weighted by molar-refractivity contribution is -0.125. The first kappa shape index (κ1) is 18.6. The maximum absolute atomic E-state index is 12.6. The molecule has 2 rings (SSSR count). The molecule has 5 heteroatoms. The van der Waals surface area contributed by atoms with Crippen molar-refractivity contribution >= 4 is 23.3 Å². The fourth-order valence-electron chi connectivity index (χ4n) is 3.26. The van der Waals surface area contributed by atoms with Crippen LogP contribution < -0.4 is 5.32 Å². The third kappa shape index (κ3) is 4.42. The van der Waals surface area contributed by atoms with Crippen LogP contribution in [0.15, 0.2) is 30.6 Å². The number of amides is 1. The zero-order chi connectivity index (χ0) is 18.2. The van der Waals surface area contributed by atoms with E-state index in [1.165, 1.54) is 0 Å². The maximum atomic E-state index is 12.6. The van der Waals surface area contributed by atoms with Gasteiger partial charge in [0.15, 0.2) is 5.78 Å². The summed E-state index contributed by atoms with van der Waals surface area (Å²) in [7, 11) is 0. The number of carbonyl (C=O) groups excluding carboxylic acids is 2. The molecule has 1 N–H and O–H groups in total. The number of nitriles is 1. The van der Waals surface area contributed by atoms with Crippen molar-refractivity contribution in [2.24, 2.45) is 11.8 Å². The van der Waals surface area contributed by atoms with Gasteiger partial charge in [0.2, 0.25) is 0 Å². The van der Waals surface area contributed by atoms with Gasteiger partial charge >= 0.3 is 0 Å². The summed E-state index contributed by atoms with van der Waals surface area (Å²) in [5.74, 6) is -0.838. The van der Waals surface area contributed by atoms with Crippen LogP contribution in [-0.2, 0) is 9.59 Å². The fraction of sp³-hybridized carbons (Fsp3) is 0.400. The molecule has 0 saturated heterocycles. The van der Waals surface area contributed by atoms with Crippen molar-refractivity contribution in [1.82, 2.24) is 10.3 Å². The highest BCUT2D eigenvalue weighted by Gasteiger charge is 2.32. The maximum Gasteiger partial charge on any atom is 0.251 e. The molecule has 130 valence electrons. The minimum atomic E-state index is -0.305. The molecule has 0 radical (unpaired) electrons. The smallest absolute Gasteiger partial charge is 0.251 e. The second kappa shape index (κ2) is 8.93. The predicted octanol–water partition coefficient (Wildman–Crippen LogP) is 3.14. The Bertz CT molecular complexity index is 744. The number of nitrogens with one attached hydrogen (secondary N) is 1. The van der Waals surface area contributed by atoms with Crippen molar-refractivity contribution in [3.8, 4) is 6.07 Å². The molecule has 5 nitrogen and oxygen atoms in total. The summed E-state index contributed by atoms with van der Waals surface area (Å²) in [5, 5.41) is 11.8. The van der Waals surface area contributed by atoms with Gasteiger partial charge in [-0.3, -0.25) is 14.6 Å². The minimum absolute atomic E-state index is 0.0434. The zero-order valence-corrected chi connectivity index (χ0v) is 14.7. The van der Waals surface area contributed by atoms with Crippen molar-refractivity contribution in [2.75, 3.05) is 6.54 Å². The molecule has 0 aliphatic heterocycles. The molecular weight excluding hydrogens is 314 g/mol. The van der Waals surface area contributed by atoms with Crippen LogP contribution in [0.3, 0.4) is 0 Å². The Morgan fingerprint density at radius 2 is 2.20 bits per heavy atom. The van der Waals surface area contributed by atoms with E-state index < -0.39 is 0 Å². The normalized spacial score (nSPS) is 20.4. The number of pyridine rings is 1. The van der Waals surface area contributed by atoms with Crippen LogP contribution in [0.2, 0.25) is 0 Å². The minimum Gasteiger partial charge on any atom is -0.345 e. The Kier molecular flexibility index (Phi) is 6.64. The van der Waals surface area contributed by atoms with Gasteiger partial charge < -0.3 is 5.32 Å². The Labute approximate surface area is 148 Å². The molecule has 0 bridgehead atoms. The van der Waals surface area contributed by atoms with Gasteiger partial charge in [-0.05, 0) is 38.3 Å². The summed E-state index contributed by atoms with van der Waals surface area (Å²) >= 11 is 0. The number of carbonyl (C=O) groups is 2. The number of ketones is 1. The van der Waals surface area contributed by atoms with Crippen molar-refractivity contribution < 1.29 is 9.59 Å². The van der Waals surface area contributed by atoms with Gasteiger partial charge in [0.1, 0.15) is 0 Å². The van der Waals surface area contributed by atoms with Crippen molar-refractivity contribution in [3.63, 3.8) is 0 Å². The van der Waals surface area contributed by atoms with Crippen molar-refractivity contribution in [2.45, 2.75) is 33.1 Å². The molecule has 2 atom stereocenters. The monoisotopic (exact) mass is 337 g/mol. The quantitative estimate of drug-likeness (QED) is 0.808. The first-order valence-electron chi connectivity index (χ1n) is 8.56. The average Bonchev–Trinajstić information content (AvgIpc) is 3.11. The van der Waals surface area contributed by atoms with Gasteiger partial charge in [-0.15, -0.1) is 0 Å². The van der Waals surface area contributed by atoms with Gasteiger partial charge in [0.05, 0.1) is 18.5 Å².